The number of aliphatic carboxylic acids is 1. The van der Waals surface area contributed by atoms with E-state index >= 15 is 0 Å². The van der Waals surface area contributed by atoms with Crippen molar-refractivity contribution in [2.45, 2.75) is 37.5 Å². The summed E-state index contributed by atoms with van der Waals surface area (Å²) in [5.74, 6) is -0.111. The van der Waals surface area contributed by atoms with Gasteiger partial charge in [0, 0.05) is 22.0 Å². The first-order chi connectivity index (χ1) is 9.21. The maximum absolute atomic E-state index is 11.3. The van der Waals surface area contributed by atoms with Gasteiger partial charge in [0.2, 0.25) is 0 Å². The van der Waals surface area contributed by atoms with Crippen molar-refractivity contribution in [3.8, 4) is 0 Å². The lowest BCUT2D eigenvalue weighted by atomic mass is 9.52. The molecule has 0 spiro atoms. The quantitative estimate of drug-likeness (QED) is 0.865. The Bertz CT molecular complexity index is 672. The second-order valence-corrected chi connectivity index (χ2v) is 6.03. The fraction of sp³-hybridized carbons (Fsp3) is 0.438. The molecular weight excluding hydrogens is 238 g/mol. The molecule has 19 heavy (non-hydrogen) atoms. The number of hydrogen-bond acceptors (Lipinski definition) is 1. The second kappa shape index (κ2) is 3.62. The molecule has 2 aromatic rings. The van der Waals surface area contributed by atoms with E-state index in [1.807, 2.05) is 6.07 Å². The maximum Gasteiger partial charge on any atom is 0.304 e. The molecule has 0 radical (unpaired) electrons. The van der Waals surface area contributed by atoms with Crippen molar-refractivity contribution >= 4 is 16.9 Å². The van der Waals surface area contributed by atoms with Crippen LogP contribution in [0.2, 0.25) is 0 Å². The van der Waals surface area contributed by atoms with E-state index in [0.717, 1.165) is 24.8 Å². The summed E-state index contributed by atoms with van der Waals surface area (Å²) in [6.45, 7) is 0. The topological polar surface area (TPSA) is 53.1 Å². The molecule has 1 heterocycles. The standard InChI is InChI=1S/C16H17NO2/c18-14(19)9-16-8-7-10(16)5-6-12-11-3-1-2-4-13(11)17-15(12)16/h1-4,10,17H,5-9H2,(H,18,19). The van der Waals surface area contributed by atoms with Crippen LogP contribution in [0.3, 0.4) is 0 Å². The number of hydrogen-bond donors (Lipinski definition) is 2. The van der Waals surface area contributed by atoms with Crippen molar-refractivity contribution in [2.24, 2.45) is 5.92 Å². The van der Waals surface area contributed by atoms with E-state index in [4.69, 9.17) is 0 Å². The van der Waals surface area contributed by atoms with Crippen molar-refractivity contribution in [2.75, 3.05) is 0 Å². The highest BCUT2D eigenvalue weighted by Gasteiger charge is 2.53. The van der Waals surface area contributed by atoms with Gasteiger partial charge in [0.15, 0.2) is 0 Å². The molecule has 2 atom stereocenters. The summed E-state index contributed by atoms with van der Waals surface area (Å²) >= 11 is 0. The molecule has 1 aromatic carbocycles. The van der Waals surface area contributed by atoms with Gasteiger partial charge in [-0.2, -0.15) is 0 Å². The Morgan fingerprint density at radius 3 is 2.95 bits per heavy atom. The molecule has 0 amide bonds. The van der Waals surface area contributed by atoms with E-state index in [9.17, 15) is 9.90 Å². The molecule has 1 fully saturated rings. The van der Waals surface area contributed by atoms with Gasteiger partial charge in [-0.3, -0.25) is 4.79 Å². The number of H-pyrrole nitrogens is 1. The molecule has 2 unspecified atom stereocenters. The van der Waals surface area contributed by atoms with Crippen LogP contribution in [0.4, 0.5) is 0 Å². The SMILES string of the molecule is O=C(O)CC12CCC1CCc1c2[nH]c2ccccc12. The summed E-state index contributed by atoms with van der Waals surface area (Å²) in [7, 11) is 0. The van der Waals surface area contributed by atoms with Gasteiger partial charge in [-0.15, -0.1) is 0 Å². The van der Waals surface area contributed by atoms with Crippen LogP contribution < -0.4 is 0 Å². The van der Waals surface area contributed by atoms with E-state index in [1.165, 1.54) is 23.1 Å². The lowest BCUT2D eigenvalue weighted by molar-refractivity contribution is -0.141. The van der Waals surface area contributed by atoms with Crippen LogP contribution in [-0.2, 0) is 16.6 Å². The smallest absolute Gasteiger partial charge is 0.304 e. The number of nitrogens with one attached hydrogen (secondary N) is 1. The third-order valence-electron chi connectivity index (χ3n) is 5.24. The predicted molar refractivity (Wildman–Crippen MR) is 73.3 cm³/mol. The Balaban J connectivity index is 1.93. The Hall–Kier alpha value is -1.77. The molecule has 3 nitrogen and oxygen atoms in total. The Kier molecular flexibility index (Phi) is 2.12. The summed E-state index contributed by atoms with van der Waals surface area (Å²) in [4.78, 5) is 14.8. The normalized spacial score (nSPS) is 28.5. The molecule has 0 aliphatic heterocycles. The van der Waals surface area contributed by atoms with Gasteiger partial charge in [0.1, 0.15) is 0 Å². The number of fused-ring (bicyclic) bond motifs is 5. The molecule has 98 valence electrons. The number of rotatable bonds is 2. The molecule has 1 aromatic heterocycles. The van der Waals surface area contributed by atoms with E-state index < -0.39 is 5.97 Å². The minimum atomic E-state index is -0.670. The maximum atomic E-state index is 11.3. The summed E-state index contributed by atoms with van der Waals surface area (Å²) in [5.41, 5.74) is 3.63. The average molecular weight is 255 g/mol. The van der Waals surface area contributed by atoms with E-state index in [-0.39, 0.29) is 11.8 Å². The number of aromatic nitrogens is 1. The minimum Gasteiger partial charge on any atom is -0.481 e. The van der Waals surface area contributed by atoms with Crippen LogP contribution >= 0.6 is 0 Å². The molecule has 3 heteroatoms. The van der Waals surface area contributed by atoms with Gasteiger partial charge >= 0.3 is 5.97 Å². The lowest BCUT2D eigenvalue weighted by Crippen LogP contribution is -2.49. The van der Waals surface area contributed by atoms with Gasteiger partial charge in [-0.1, -0.05) is 18.2 Å². The van der Waals surface area contributed by atoms with E-state index in [0.29, 0.717) is 5.92 Å². The number of para-hydroxylation sites is 1. The molecule has 0 bridgehead atoms. The van der Waals surface area contributed by atoms with E-state index in [1.54, 1.807) is 0 Å². The van der Waals surface area contributed by atoms with E-state index in [2.05, 4.69) is 23.2 Å². The van der Waals surface area contributed by atoms with Gasteiger partial charge in [-0.05, 0) is 43.2 Å². The monoisotopic (exact) mass is 255 g/mol. The minimum absolute atomic E-state index is 0.113. The van der Waals surface area contributed by atoms with Crippen LogP contribution in [0.25, 0.3) is 10.9 Å². The van der Waals surface area contributed by atoms with Gasteiger partial charge < -0.3 is 10.1 Å². The van der Waals surface area contributed by atoms with Crippen molar-refractivity contribution in [3.63, 3.8) is 0 Å². The van der Waals surface area contributed by atoms with Gasteiger partial charge in [0.25, 0.3) is 0 Å². The molecular formula is C16H17NO2. The first-order valence-corrected chi connectivity index (χ1v) is 7.02. The average Bonchev–Trinajstić information content (AvgIpc) is 2.73. The molecule has 2 aliphatic rings. The fourth-order valence-electron chi connectivity index (χ4n) is 4.24. The predicted octanol–water partition coefficient (Wildman–Crippen LogP) is 3.24. The van der Waals surface area contributed by atoms with Crippen LogP contribution in [0.1, 0.15) is 36.9 Å². The number of carboxylic acid groups (broad SMARTS) is 1. The highest BCUT2D eigenvalue weighted by molar-refractivity contribution is 5.86. The van der Waals surface area contributed by atoms with Crippen LogP contribution in [0.5, 0.6) is 0 Å². The summed E-state index contributed by atoms with van der Waals surface area (Å²) < 4.78 is 0. The van der Waals surface area contributed by atoms with Crippen LogP contribution in [0, 0.1) is 5.92 Å². The number of carboxylic acids is 1. The van der Waals surface area contributed by atoms with Crippen LogP contribution in [0.15, 0.2) is 24.3 Å². The van der Waals surface area contributed by atoms with Gasteiger partial charge in [-0.25, -0.2) is 0 Å². The van der Waals surface area contributed by atoms with Crippen molar-refractivity contribution in [1.82, 2.24) is 4.98 Å². The highest BCUT2D eigenvalue weighted by Crippen LogP contribution is 2.57. The summed E-state index contributed by atoms with van der Waals surface area (Å²) in [6, 6.07) is 8.34. The molecule has 4 rings (SSSR count). The second-order valence-electron chi connectivity index (χ2n) is 6.03. The summed E-state index contributed by atoms with van der Waals surface area (Å²) in [6.07, 6.45) is 4.71. The van der Waals surface area contributed by atoms with Crippen molar-refractivity contribution in [3.05, 3.63) is 35.5 Å². The van der Waals surface area contributed by atoms with Gasteiger partial charge in [0.05, 0.1) is 6.42 Å². The lowest BCUT2D eigenvalue weighted by Gasteiger charge is -2.52. The zero-order valence-electron chi connectivity index (χ0n) is 10.8. The highest BCUT2D eigenvalue weighted by atomic mass is 16.4. The third kappa shape index (κ3) is 1.36. The molecule has 2 aliphatic carbocycles. The number of aryl methyl sites for hydroxylation is 1. The number of aromatic amines is 1. The molecule has 0 saturated heterocycles. The van der Waals surface area contributed by atoms with Crippen molar-refractivity contribution < 1.29 is 9.90 Å². The number of carbonyl (C=O) groups is 1. The van der Waals surface area contributed by atoms with Crippen molar-refractivity contribution in [1.29, 1.82) is 0 Å². The van der Waals surface area contributed by atoms with Crippen LogP contribution in [-0.4, -0.2) is 16.1 Å². The largest absolute Gasteiger partial charge is 0.481 e. The zero-order valence-corrected chi connectivity index (χ0v) is 10.8. The third-order valence-corrected chi connectivity index (χ3v) is 5.24. The Morgan fingerprint density at radius 2 is 2.21 bits per heavy atom. The first-order valence-electron chi connectivity index (χ1n) is 7.02. The fourth-order valence-corrected chi connectivity index (χ4v) is 4.24. The first kappa shape index (κ1) is 11.1. The zero-order chi connectivity index (χ0) is 13.0. The summed E-state index contributed by atoms with van der Waals surface area (Å²) in [5, 5.41) is 10.6. The number of benzene rings is 1. The Labute approximate surface area is 111 Å². The molecule has 2 N–H and O–H groups in total. The Morgan fingerprint density at radius 1 is 1.37 bits per heavy atom. The molecule has 1 saturated carbocycles.